The minimum absolute atomic E-state index is 0.514. The van der Waals surface area contributed by atoms with Gasteiger partial charge in [0.1, 0.15) is 6.61 Å². The van der Waals surface area contributed by atoms with Crippen molar-refractivity contribution in [1.29, 1.82) is 0 Å². The van der Waals surface area contributed by atoms with E-state index in [0.29, 0.717) is 12.5 Å². The number of nitrogens with one attached hydrogen (secondary N) is 1. The van der Waals surface area contributed by atoms with Gasteiger partial charge in [0.25, 0.3) is 0 Å². The van der Waals surface area contributed by atoms with Gasteiger partial charge >= 0.3 is 0 Å². The number of nitrogens with zero attached hydrogens (tertiary/aromatic N) is 3. The molecule has 1 fully saturated rings. The molecule has 1 aliphatic heterocycles. The molecule has 2 aromatic rings. The Labute approximate surface area is 125 Å². The summed E-state index contributed by atoms with van der Waals surface area (Å²) in [7, 11) is 0. The van der Waals surface area contributed by atoms with Crippen LogP contribution in [0.2, 0.25) is 0 Å². The summed E-state index contributed by atoms with van der Waals surface area (Å²) in [4.78, 5) is 11.1. The lowest BCUT2D eigenvalue weighted by atomic mass is 10.2. The lowest BCUT2D eigenvalue weighted by Crippen LogP contribution is -2.28. The van der Waals surface area contributed by atoms with Crippen molar-refractivity contribution >= 4 is 5.82 Å². The molecule has 5 nitrogen and oxygen atoms in total. The smallest absolute Gasteiger partial charge is 0.234 e. The largest absolute Gasteiger partial charge is 0.472 e. The molecule has 0 radical (unpaired) electrons. The Bertz CT molecular complexity index is 553. The molecular weight excluding hydrogens is 264 g/mol. The molecule has 1 N–H and O–H groups in total. The van der Waals surface area contributed by atoms with Crippen LogP contribution in [0.1, 0.15) is 12.0 Å². The second kappa shape index (κ2) is 7.04. The maximum atomic E-state index is 5.74. The van der Waals surface area contributed by atoms with Gasteiger partial charge in [0.2, 0.25) is 5.88 Å². The quantitative estimate of drug-likeness (QED) is 0.928. The van der Waals surface area contributed by atoms with Gasteiger partial charge in [-0.3, -0.25) is 4.98 Å². The summed E-state index contributed by atoms with van der Waals surface area (Å²) in [6.45, 7) is 4.52. The summed E-state index contributed by atoms with van der Waals surface area (Å²) in [5.74, 6) is 1.47. The Morgan fingerprint density at radius 3 is 2.90 bits per heavy atom. The van der Waals surface area contributed by atoms with Crippen molar-refractivity contribution in [3.63, 3.8) is 0 Å². The van der Waals surface area contributed by atoms with E-state index in [0.717, 1.165) is 44.0 Å². The van der Waals surface area contributed by atoms with Crippen LogP contribution in [0.15, 0.2) is 42.7 Å². The highest BCUT2D eigenvalue weighted by atomic mass is 16.5. The van der Waals surface area contributed by atoms with Crippen LogP contribution in [0.3, 0.4) is 0 Å². The summed E-state index contributed by atoms with van der Waals surface area (Å²) < 4.78 is 5.74. The van der Waals surface area contributed by atoms with E-state index in [9.17, 15) is 0 Å². The normalized spacial score (nSPS) is 15.5. The summed E-state index contributed by atoms with van der Waals surface area (Å²) in [5, 5.41) is 3.39. The standard InChI is InChI=1S/C16H20N4O/c1-2-5-14(6-3-1)13-21-16-12-18-11-15(19-16)20-9-4-7-17-8-10-20/h1-3,5-6,11-12,17H,4,7-10,13H2. The summed E-state index contributed by atoms with van der Waals surface area (Å²) >= 11 is 0. The Hall–Kier alpha value is -2.14. The predicted molar refractivity (Wildman–Crippen MR) is 82.5 cm³/mol. The SMILES string of the molecule is c1ccc(COc2cncc(N3CCCNCC3)n2)cc1. The molecule has 0 atom stereocenters. The van der Waals surface area contributed by atoms with Crippen LogP contribution in [-0.4, -0.2) is 36.1 Å². The van der Waals surface area contributed by atoms with Gasteiger partial charge in [-0.1, -0.05) is 30.3 Å². The van der Waals surface area contributed by atoms with Crippen molar-refractivity contribution in [2.75, 3.05) is 31.1 Å². The molecule has 110 valence electrons. The fourth-order valence-corrected chi connectivity index (χ4v) is 2.37. The highest BCUT2D eigenvalue weighted by molar-refractivity contribution is 5.37. The fraction of sp³-hybridized carbons (Fsp3) is 0.375. The van der Waals surface area contributed by atoms with Crippen molar-refractivity contribution in [2.24, 2.45) is 0 Å². The lowest BCUT2D eigenvalue weighted by molar-refractivity contribution is 0.292. The van der Waals surface area contributed by atoms with Crippen molar-refractivity contribution in [3.05, 3.63) is 48.3 Å². The first-order chi connectivity index (χ1) is 10.4. The second-order valence-electron chi connectivity index (χ2n) is 5.08. The van der Waals surface area contributed by atoms with Crippen molar-refractivity contribution < 1.29 is 4.74 Å². The zero-order chi connectivity index (χ0) is 14.3. The van der Waals surface area contributed by atoms with E-state index in [4.69, 9.17) is 4.74 Å². The first-order valence-electron chi connectivity index (χ1n) is 7.36. The Balaban J connectivity index is 1.65. The first kappa shape index (κ1) is 13.8. The average Bonchev–Trinajstić information content (AvgIpc) is 2.83. The molecular formula is C16H20N4O. The number of hydrogen-bond donors (Lipinski definition) is 1. The highest BCUT2D eigenvalue weighted by Gasteiger charge is 2.11. The molecule has 2 heterocycles. The van der Waals surface area contributed by atoms with Gasteiger partial charge < -0.3 is 15.0 Å². The molecule has 0 saturated carbocycles. The van der Waals surface area contributed by atoms with Gasteiger partial charge in [0.15, 0.2) is 5.82 Å². The number of ether oxygens (including phenoxy) is 1. The molecule has 0 aliphatic carbocycles. The predicted octanol–water partition coefficient (Wildman–Crippen LogP) is 1.86. The molecule has 0 bridgehead atoms. The van der Waals surface area contributed by atoms with Crippen LogP contribution in [0, 0.1) is 0 Å². The van der Waals surface area contributed by atoms with Gasteiger partial charge in [-0.2, -0.15) is 4.98 Å². The number of aromatic nitrogens is 2. The molecule has 0 unspecified atom stereocenters. The van der Waals surface area contributed by atoms with Gasteiger partial charge in [-0.05, 0) is 18.5 Å². The number of rotatable bonds is 4. The van der Waals surface area contributed by atoms with Crippen LogP contribution in [0.4, 0.5) is 5.82 Å². The molecule has 0 amide bonds. The number of hydrogen-bond acceptors (Lipinski definition) is 5. The monoisotopic (exact) mass is 284 g/mol. The zero-order valence-corrected chi connectivity index (χ0v) is 12.0. The van der Waals surface area contributed by atoms with Crippen molar-refractivity contribution in [2.45, 2.75) is 13.0 Å². The van der Waals surface area contributed by atoms with Crippen LogP contribution in [0.5, 0.6) is 5.88 Å². The highest BCUT2D eigenvalue weighted by Crippen LogP contribution is 2.16. The Morgan fingerprint density at radius 2 is 2.00 bits per heavy atom. The minimum atomic E-state index is 0.514. The summed E-state index contributed by atoms with van der Waals surface area (Å²) in [6, 6.07) is 10.1. The molecule has 1 saturated heterocycles. The molecule has 21 heavy (non-hydrogen) atoms. The number of anilines is 1. The molecule has 1 aliphatic rings. The maximum absolute atomic E-state index is 5.74. The van der Waals surface area contributed by atoms with E-state index >= 15 is 0 Å². The Morgan fingerprint density at radius 1 is 1.10 bits per heavy atom. The van der Waals surface area contributed by atoms with Crippen LogP contribution >= 0.6 is 0 Å². The van der Waals surface area contributed by atoms with Gasteiger partial charge in [0, 0.05) is 19.6 Å². The molecule has 1 aromatic heterocycles. The first-order valence-corrected chi connectivity index (χ1v) is 7.36. The van der Waals surface area contributed by atoms with Crippen LogP contribution in [0.25, 0.3) is 0 Å². The molecule has 3 rings (SSSR count). The van der Waals surface area contributed by atoms with Crippen molar-refractivity contribution in [1.82, 2.24) is 15.3 Å². The van der Waals surface area contributed by atoms with E-state index in [1.54, 1.807) is 12.4 Å². The lowest BCUT2D eigenvalue weighted by Gasteiger charge is -2.20. The third-order valence-corrected chi connectivity index (χ3v) is 3.49. The molecule has 5 heteroatoms. The van der Waals surface area contributed by atoms with Gasteiger partial charge in [-0.15, -0.1) is 0 Å². The zero-order valence-electron chi connectivity index (χ0n) is 12.0. The second-order valence-corrected chi connectivity index (χ2v) is 5.08. The fourth-order valence-electron chi connectivity index (χ4n) is 2.37. The summed E-state index contributed by atoms with van der Waals surface area (Å²) in [5.41, 5.74) is 1.13. The van der Waals surface area contributed by atoms with E-state index in [-0.39, 0.29) is 0 Å². The third-order valence-electron chi connectivity index (χ3n) is 3.49. The topological polar surface area (TPSA) is 50.3 Å². The number of benzene rings is 1. The van der Waals surface area contributed by atoms with E-state index < -0.39 is 0 Å². The van der Waals surface area contributed by atoms with Gasteiger partial charge in [0.05, 0.1) is 12.4 Å². The van der Waals surface area contributed by atoms with E-state index in [2.05, 4.69) is 20.2 Å². The summed E-state index contributed by atoms with van der Waals surface area (Å²) in [6.07, 6.45) is 4.60. The van der Waals surface area contributed by atoms with Gasteiger partial charge in [-0.25, -0.2) is 0 Å². The van der Waals surface area contributed by atoms with Crippen LogP contribution in [-0.2, 0) is 6.61 Å². The van der Waals surface area contributed by atoms with Crippen LogP contribution < -0.4 is 15.0 Å². The van der Waals surface area contributed by atoms with Crippen molar-refractivity contribution in [3.8, 4) is 5.88 Å². The third kappa shape index (κ3) is 3.92. The average molecular weight is 284 g/mol. The van der Waals surface area contributed by atoms with E-state index in [1.165, 1.54) is 0 Å². The maximum Gasteiger partial charge on any atom is 0.234 e. The molecule has 1 aromatic carbocycles. The van der Waals surface area contributed by atoms with E-state index in [1.807, 2.05) is 30.3 Å². The molecule has 0 spiro atoms. The minimum Gasteiger partial charge on any atom is -0.472 e. The Kier molecular flexibility index (Phi) is 4.63.